The lowest BCUT2D eigenvalue weighted by atomic mass is 10.1. The molecule has 0 radical (unpaired) electrons. The first-order chi connectivity index (χ1) is 9.76. The van der Waals surface area contributed by atoms with Gasteiger partial charge in [0.05, 0.1) is 13.2 Å². The predicted octanol–water partition coefficient (Wildman–Crippen LogP) is 2.58. The molecule has 2 N–H and O–H groups in total. The lowest BCUT2D eigenvalue weighted by Crippen LogP contribution is -2.36. The van der Waals surface area contributed by atoms with Gasteiger partial charge in [-0.25, -0.2) is 9.59 Å². The minimum Gasteiger partial charge on any atom is -0.477 e. The van der Waals surface area contributed by atoms with Gasteiger partial charge in [0, 0.05) is 11.3 Å². The van der Waals surface area contributed by atoms with Crippen molar-refractivity contribution in [3.05, 3.63) is 21.4 Å². The molecule has 1 aliphatic heterocycles. The smallest absolute Gasteiger partial charge is 0.407 e. The standard InChI is InChI=1S/C14H19NO5S/c1-14(2,3)20-13(18)15-7-9-8-6-11(12(16)17)21-10(8)4-5-19-9/h6,9H,4-5,7H2,1-3H3,(H,15,18)(H,16,17). The molecule has 1 aliphatic rings. The molecule has 0 saturated carbocycles. The van der Waals surface area contributed by atoms with Crippen molar-refractivity contribution >= 4 is 23.4 Å². The van der Waals surface area contributed by atoms with E-state index in [1.54, 1.807) is 26.8 Å². The molecule has 0 spiro atoms. The second kappa shape index (κ2) is 6.03. The number of carbonyl (C=O) groups is 2. The summed E-state index contributed by atoms with van der Waals surface area (Å²) in [6, 6.07) is 1.63. The normalized spacial score (nSPS) is 18.0. The number of rotatable bonds is 3. The fourth-order valence-corrected chi connectivity index (χ4v) is 3.09. The highest BCUT2D eigenvalue weighted by Crippen LogP contribution is 2.33. The van der Waals surface area contributed by atoms with E-state index in [0.29, 0.717) is 17.9 Å². The van der Waals surface area contributed by atoms with Crippen molar-refractivity contribution in [3.63, 3.8) is 0 Å². The summed E-state index contributed by atoms with van der Waals surface area (Å²) in [6.45, 7) is 6.16. The third-order valence-electron chi connectivity index (χ3n) is 2.88. The van der Waals surface area contributed by atoms with Crippen LogP contribution < -0.4 is 5.32 Å². The highest BCUT2D eigenvalue weighted by molar-refractivity contribution is 7.14. The Labute approximate surface area is 127 Å². The SMILES string of the molecule is CC(C)(C)OC(=O)NCC1OCCc2sc(C(=O)O)cc21. The number of aromatic carboxylic acids is 1. The molecule has 6 nitrogen and oxygen atoms in total. The number of ether oxygens (including phenoxy) is 2. The van der Waals surface area contributed by atoms with Gasteiger partial charge in [0.1, 0.15) is 16.6 Å². The van der Waals surface area contributed by atoms with Gasteiger partial charge < -0.3 is 19.9 Å². The van der Waals surface area contributed by atoms with Crippen LogP contribution in [0.25, 0.3) is 0 Å². The number of carboxylic acid groups (broad SMARTS) is 1. The van der Waals surface area contributed by atoms with Crippen molar-refractivity contribution in [3.8, 4) is 0 Å². The largest absolute Gasteiger partial charge is 0.477 e. The van der Waals surface area contributed by atoms with Crippen molar-refractivity contribution in [2.24, 2.45) is 0 Å². The van der Waals surface area contributed by atoms with Crippen molar-refractivity contribution in [2.75, 3.05) is 13.2 Å². The van der Waals surface area contributed by atoms with Crippen molar-refractivity contribution in [1.82, 2.24) is 5.32 Å². The zero-order chi connectivity index (χ0) is 15.6. The van der Waals surface area contributed by atoms with Crippen LogP contribution in [-0.4, -0.2) is 35.9 Å². The summed E-state index contributed by atoms with van der Waals surface area (Å²) in [6.07, 6.45) is -0.131. The number of hydrogen-bond acceptors (Lipinski definition) is 5. The van der Waals surface area contributed by atoms with Crippen molar-refractivity contribution in [2.45, 2.75) is 38.9 Å². The van der Waals surface area contributed by atoms with E-state index in [9.17, 15) is 9.59 Å². The Balaban J connectivity index is 2.00. The van der Waals surface area contributed by atoms with E-state index in [2.05, 4.69) is 5.32 Å². The summed E-state index contributed by atoms with van der Waals surface area (Å²) in [5.41, 5.74) is 0.293. The van der Waals surface area contributed by atoms with E-state index in [1.165, 1.54) is 11.3 Å². The molecule has 21 heavy (non-hydrogen) atoms. The van der Waals surface area contributed by atoms with E-state index in [0.717, 1.165) is 10.4 Å². The number of alkyl carbamates (subject to hydrolysis) is 1. The van der Waals surface area contributed by atoms with E-state index >= 15 is 0 Å². The number of fused-ring (bicyclic) bond motifs is 1. The Kier molecular flexibility index (Phi) is 4.53. The predicted molar refractivity (Wildman–Crippen MR) is 77.9 cm³/mol. The van der Waals surface area contributed by atoms with Gasteiger partial charge in [-0.15, -0.1) is 11.3 Å². The molecule has 0 bridgehead atoms. The molecule has 2 rings (SSSR count). The molecular formula is C14H19NO5S. The first-order valence-corrected chi connectivity index (χ1v) is 7.52. The van der Waals surface area contributed by atoms with E-state index in [-0.39, 0.29) is 12.6 Å². The number of carbonyl (C=O) groups excluding carboxylic acids is 1. The average molecular weight is 313 g/mol. The summed E-state index contributed by atoms with van der Waals surface area (Å²) in [7, 11) is 0. The van der Waals surface area contributed by atoms with Crippen LogP contribution in [0, 0.1) is 0 Å². The van der Waals surface area contributed by atoms with Crippen LogP contribution in [0.1, 0.15) is 47.0 Å². The van der Waals surface area contributed by atoms with Crippen LogP contribution >= 0.6 is 11.3 Å². The van der Waals surface area contributed by atoms with Crippen LogP contribution in [0.4, 0.5) is 4.79 Å². The van der Waals surface area contributed by atoms with Crippen molar-refractivity contribution in [1.29, 1.82) is 0 Å². The Morgan fingerprint density at radius 1 is 1.52 bits per heavy atom. The fourth-order valence-electron chi connectivity index (χ4n) is 2.06. The summed E-state index contributed by atoms with van der Waals surface area (Å²) in [5, 5.41) is 11.7. The molecule has 1 atom stereocenters. The van der Waals surface area contributed by atoms with Gasteiger partial charge in [-0.2, -0.15) is 0 Å². The zero-order valence-electron chi connectivity index (χ0n) is 12.3. The molecule has 1 amide bonds. The maximum absolute atomic E-state index is 11.6. The fraction of sp³-hybridized carbons (Fsp3) is 0.571. The third kappa shape index (κ3) is 4.18. The molecule has 0 fully saturated rings. The second-order valence-electron chi connectivity index (χ2n) is 5.79. The quantitative estimate of drug-likeness (QED) is 0.896. The molecule has 0 aliphatic carbocycles. The Bertz CT molecular complexity index is 546. The van der Waals surface area contributed by atoms with Crippen LogP contribution in [0.5, 0.6) is 0 Å². The molecule has 1 aromatic rings. The number of hydrogen-bond donors (Lipinski definition) is 2. The highest BCUT2D eigenvalue weighted by Gasteiger charge is 2.26. The summed E-state index contributed by atoms with van der Waals surface area (Å²) >= 11 is 1.27. The van der Waals surface area contributed by atoms with Crippen molar-refractivity contribution < 1.29 is 24.2 Å². The van der Waals surface area contributed by atoms with E-state index in [1.807, 2.05) is 0 Å². The third-order valence-corrected chi connectivity index (χ3v) is 4.08. The van der Waals surface area contributed by atoms with Crippen LogP contribution in [0.2, 0.25) is 0 Å². The number of thiophene rings is 1. The first kappa shape index (κ1) is 15.8. The summed E-state index contributed by atoms with van der Waals surface area (Å²) < 4.78 is 10.8. The average Bonchev–Trinajstić information content (AvgIpc) is 2.78. The monoisotopic (exact) mass is 313 g/mol. The van der Waals surface area contributed by atoms with Gasteiger partial charge >= 0.3 is 12.1 Å². The molecule has 0 saturated heterocycles. The van der Waals surface area contributed by atoms with Crippen LogP contribution in [0.15, 0.2) is 6.07 Å². The van der Waals surface area contributed by atoms with E-state index < -0.39 is 17.7 Å². The van der Waals surface area contributed by atoms with Gasteiger partial charge in [0.15, 0.2) is 0 Å². The number of nitrogens with one attached hydrogen (secondary N) is 1. The maximum atomic E-state index is 11.6. The lowest BCUT2D eigenvalue weighted by Gasteiger charge is -2.25. The topological polar surface area (TPSA) is 84.9 Å². The summed E-state index contributed by atoms with van der Waals surface area (Å²) in [4.78, 5) is 24.0. The van der Waals surface area contributed by atoms with Gasteiger partial charge in [-0.3, -0.25) is 0 Å². The Hall–Kier alpha value is -1.60. The van der Waals surface area contributed by atoms with Crippen LogP contribution in [0.3, 0.4) is 0 Å². The van der Waals surface area contributed by atoms with Gasteiger partial charge in [0.25, 0.3) is 0 Å². The molecule has 1 aromatic heterocycles. The van der Waals surface area contributed by atoms with Gasteiger partial charge in [-0.1, -0.05) is 0 Å². The molecule has 116 valence electrons. The Morgan fingerprint density at radius 2 is 2.24 bits per heavy atom. The van der Waals surface area contributed by atoms with Gasteiger partial charge in [0.2, 0.25) is 0 Å². The highest BCUT2D eigenvalue weighted by atomic mass is 32.1. The van der Waals surface area contributed by atoms with E-state index in [4.69, 9.17) is 14.6 Å². The lowest BCUT2D eigenvalue weighted by molar-refractivity contribution is 0.0295. The first-order valence-electron chi connectivity index (χ1n) is 6.70. The Morgan fingerprint density at radius 3 is 2.86 bits per heavy atom. The molecule has 1 unspecified atom stereocenters. The molecule has 0 aromatic carbocycles. The minimum absolute atomic E-state index is 0.262. The van der Waals surface area contributed by atoms with Crippen LogP contribution in [-0.2, 0) is 15.9 Å². The minimum atomic E-state index is -0.937. The molecular weight excluding hydrogens is 294 g/mol. The summed E-state index contributed by atoms with van der Waals surface area (Å²) in [5.74, 6) is -0.937. The number of carboxylic acids is 1. The zero-order valence-corrected chi connectivity index (χ0v) is 13.1. The number of amides is 1. The second-order valence-corrected chi connectivity index (χ2v) is 6.92. The molecule has 7 heteroatoms. The maximum Gasteiger partial charge on any atom is 0.407 e. The molecule has 2 heterocycles. The van der Waals surface area contributed by atoms with Gasteiger partial charge in [-0.05, 0) is 32.4 Å².